The van der Waals surface area contributed by atoms with Gasteiger partial charge in [0.15, 0.2) is 0 Å². The maximum atomic E-state index is 12.3. The van der Waals surface area contributed by atoms with Crippen LogP contribution in [-0.2, 0) is 13.0 Å². The van der Waals surface area contributed by atoms with Gasteiger partial charge < -0.3 is 10.6 Å². The number of aromatic nitrogens is 1. The first-order valence-electron chi connectivity index (χ1n) is 8.84. The van der Waals surface area contributed by atoms with E-state index in [0.717, 1.165) is 17.8 Å². The molecule has 0 bridgehead atoms. The molecule has 0 aliphatic carbocycles. The smallest absolute Gasteiger partial charge is 0.255 e. The average Bonchev–Trinajstić information content (AvgIpc) is 2.73. The SMILES string of the molecule is CCc1ccc(NC(=O)c2ccc(C(=O)NCc3ccccn3)cc2)cc1. The fraction of sp³-hybridized carbons (Fsp3) is 0.136. The van der Waals surface area contributed by atoms with E-state index in [1.54, 1.807) is 30.5 Å². The summed E-state index contributed by atoms with van der Waals surface area (Å²) in [6.07, 6.45) is 2.64. The quantitative estimate of drug-likeness (QED) is 0.703. The summed E-state index contributed by atoms with van der Waals surface area (Å²) in [5, 5.41) is 5.67. The van der Waals surface area contributed by atoms with Gasteiger partial charge in [0.2, 0.25) is 0 Å². The minimum atomic E-state index is -0.209. The molecule has 2 amide bonds. The third kappa shape index (κ3) is 5.01. The van der Waals surface area contributed by atoms with Crippen LogP contribution in [0.15, 0.2) is 72.9 Å². The maximum Gasteiger partial charge on any atom is 0.255 e. The number of nitrogens with zero attached hydrogens (tertiary/aromatic N) is 1. The molecule has 5 heteroatoms. The van der Waals surface area contributed by atoms with Gasteiger partial charge in [0.05, 0.1) is 12.2 Å². The molecule has 1 heterocycles. The van der Waals surface area contributed by atoms with Crippen molar-refractivity contribution in [2.24, 2.45) is 0 Å². The Bertz CT molecular complexity index is 905. The van der Waals surface area contributed by atoms with Crippen molar-refractivity contribution in [1.29, 1.82) is 0 Å². The van der Waals surface area contributed by atoms with Gasteiger partial charge in [-0.25, -0.2) is 0 Å². The molecular formula is C22H21N3O2. The Labute approximate surface area is 158 Å². The van der Waals surface area contributed by atoms with E-state index in [0.29, 0.717) is 17.7 Å². The van der Waals surface area contributed by atoms with Gasteiger partial charge >= 0.3 is 0 Å². The van der Waals surface area contributed by atoms with Crippen LogP contribution in [0.2, 0.25) is 0 Å². The molecule has 2 N–H and O–H groups in total. The van der Waals surface area contributed by atoms with Crippen molar-refractivity contribution in [3.8, 4) is 0 Å². The number of benzene rings is 2. The number of pyridine rings is 1. The van der Waals surface area contributed by atoms with E-state index in [4.69, 9.17) is 0 Å². The minimum absolute atomic E-state index is 0.206. The van der Waals surface area contributed by atoms with Gasteiger partial charge in [0.25, 0.3) is 11.8 Å². The van der Waals surface area contributed by atoms with Crippen molar-refractivity contribution in [2.45, 2.75) is 19.9 Å². The number of amides is 2. The van der Waals surface area contributed by atoms with Crippen LogP contribution in [0.3, 0.4) is 0 Å². The van der Waals surface area contributed by atoms with E-state index in [-0.39, 0.29) is 11.8 Å². The standard InChI is InChI=1S/C22H21N3O2/c1-2-16-6-12-19(13-7-16)25-22(27)18-10-8-17(9-11-18)21(26)24-15-20-5-3-4-14-23-20/h3-14H,2,15H2,1H3,(H,24,26)(H,25,27). The lowest BCUT2D eigenvalue weighted by atomic mass is 10.1. The van der Waals surface area contributed by atoms with Crippen LogP contribution in [0.4, 0.5) is 5.69 Å². The van der Waals surface area contributed by atoms with Crippen LogP contribution < -0.4 is 10.6 Å². The first kappa shape index (κ1) is 18.3. The Morgan fingerprint density at radius 1 is 0.852 bits per heavy atom. The highest BCUT2D eigenvalue weighted by Gasteiger charge is 2.09. The number of carbonyl (C=O) groups is 2. The lowest BCUT2D eigenvalue weighted by Gasteiger charge is -2.08. The number of rotatable bonds is 6. The molecule has 0 spiro atoms. The molecule has 136 valence electrons. The summed E-state index contributed by atoms with van der Waals surface area (Å²) in [4.78, 5) is 28.7. The van der Waals surface area contributed by atoms with Crippen LogP contribution in [0.5, 0.6) is 0 Å². The highest BCUT2D eigenvalue weighted by Crippen LogP contribution is 2.12. The molecule has 0 atom stereocenters. The van der Waals surface area contributed by atoms with Gasteiger partial charge in [-0.1, -0.05) is 25.1 Å². The van der Waals surface area contributed by atoms with Crippen molar-refractivity contribution in [2.75, 3.05) is 5.32 Å². The Morgan fingerprint density at radius 3 is 2.11 bits per heavy atom. The summed E-state index contributed by atoms with van der Waals surface area (Å²) in [6, 6.07) is 19.9. The highest BCUT2D eigenvalue weighted by molar-refractivity contribution is 6.05. The normalized spacial score (nSPS) is 10.3. The Kier molecular flexibility index (Phi) is 5.94. The van der Waals surface area contributed by atoms with Gasteiger partial charge in [-0.05, 0) is 60.5 Å². The van der Waals surface area contributed by atoms with Crippen molar-refractivity contribution in [3.05, 3.63) is 95.3 Å². The van der Waals surface area contributed by atoms with Crippen LogP contribution in [0, 0.1) is 0 Å². The number of nitrogens with one attached hydrogen (secondary N) is 2. The fourth-order valence-corrected chi connectivity index (χ4v) is 2.58. The van der Waals surface area contributed by atoms with E-state index in [1.807, 2.05) is 42.5 Å². The summed E-state index contributed by atoms with van der Waals surface area (Å²) < 4.78 is 0. The molecule has 0 unspecified atom stereocenters. The second-order valence-corrected chi connectivity index (χ2v) is 6.09. The van der Waals surface area contributed by atoms with E-state index in [1.165, 1.54) is 5.56 Å². The van der Waals surface area contributed by atoms with Gasteiger partial charge in [0, 0.05) is 23.0 Å². The van der Waals surface area contributed by atoms with Gasteiger partial charge in [-0.15, -0.1) is 0 Å². The third-order valence-electron chi connectivity index (χ3n) is 4.19. The van der Waals surface area contributed by atoms with Crippen molar-refractivity contribution >= 4 is 17.5 Å². The third-order valence-corrected chi connectivity index (χ3v) is 4.19. The van der Waals surface area contributed by atoms with Crippen molar-refractivity contribution in [3.63, 3.8) is 0 Å². The van der Waals surface area contributed by atoms with Crippen LogP contribution in [0.25, 0.3) is 0 Å². The summed E-state index contributed by atoms with van der Waals surface area (Å²) >= 11 is 0. The number of aryl methyl sites for hydroxylation is 1. The second kappa shape index (κ2) is 8.76. The minimum Gasteiger partial charge on any atom is -0.346 e. The molecule has 0 saturated heterocycles. The molecular weight excluding hydrogens is 338 g/mol. The molecule has 0 fully saturated rings. The van der Waals surface area contributed by atoms with E-state index >= 15 is 0 Å². The maximum absolute atomic E-state index is 12.3. The predicted molar refractivity (Wildman–Crippen MR) is 106 cm³/mol. The first-order chi connectivity index (χ1) is 13.2. The molecule has 0 aliphatic rings. The van der Waals surface area contributed by atoms with E-state index < -0.39 is 0 Å². The van der Waals surface area contributed by atoms with Crippen molar-refractivity contribution < 1.29 is 9.59 Å². The number of carbonyl (C=O) groups excluding carboxylic acids is 2. The molecule has 0 saturated carbocycles. The molecule has 27 heavy (non-hydrogen) atoms. The lowest BCUT2D eigenvalue weighted by Crippen LogP contribution is -2.23. The predicted octanol–water partition coefficient (Wildman–Crippen LogP) is 3.83. The van der Waals surface area contributed by atoms with Gasteiger partial charge in [-0.2, -0.15) is 0 Å². The first-order valence-corrected chi connectivity index (χ1v) is 8.84. The summed E-state index contributed by atoms with van der Waals surface area (Å²) in [6.45, 7) is 2.44. The largest absolute Gasteiger partial charge is 0.346 e. The lowest BCUT2D eigenvalue weighted by molar-refractivity contribution is 0.0948. The van der Waals surface area contributed by atoms with Gasteiger partial charge in [0.1, 0.15) is 0 Å². The second-order valence-electron chi connectivity index (χ2n) is 6.09. The monoisotopic (exact) mass is 359 g/mol. The molecule has 3 rings (SSSR count). The molecule has 1 aromatic heterocycles. The van der Waals surface area contributed by atoms with Crippen LogP contribution in [0.1, 0.15) is 38.9 Å². The summed E-state index contributed by atoms with van der Waals surface area (Å²) in [7, 11) is 0. The summed E-state index contributed by atoms with van der Waals surface area (Å²) in [5.74, 6) is -0.414. The number of hydrogen-bond donors (Lipinski definition) is 2. The fourth-order valence-electron chi connectivity index (χ4n) is 2.58. The van der Waals surface area contributed by atoms with Crippen molar-refractivity contribution in [1.82, 2.24) is 10.3 Å². The molecule has 0 aliphatic heterocycles. The number of hydrogen-bond acceptors (Lipinski definition) is 3. The van der Waals surface area contributed by atoms with Crippen LogP contribution in [-0.4, -0.2) is 16.8 Å². The highest BCUT2D eigenvalue weighted by atomic mass is 16.2. The van der Waals surface area contributed by atoms with Crippen LogP contribution >= 0.6 is 0 Å². The topological polar surface area (TPSA) is 71.1 Å². The zero-order valence-corrected chi connectivity index (χ0v) is 15.1. The van der Waals surface area contributed by atoms with E-state index in [9.17, 15) is 9.59 Å². The molecule has 3 aromatic rings. The zero-order valence-electron chi connectivity index (χ0n) is 15.1. The molecule has 2 aromatic carbocycles. The van der Waals surface area contributed by atoms with Gasteiger partial charge in [-0.3, -0.25) is 14.6 Å². The molecule has 0 radical (unpaired) electrons. The Hall–Kier alpha value is -3.47. The zero-order chi connectivity index (χ0) is 19.1. The summed E-state index contributed by atoms with van der Waals surface area (Å²) in [5.41, 5.74) is 3.74. The average molecular weight is 359 g/mol. The Morgan fingerprint density at radius 2 is 1.52 bits per heavy atom. The number of anilines is 1. The molecule has 5 nitrogen and oxygen atoms in total. The van der Waals surface area contributed by atoms with E-state index in [2.05, 4.69) is 22.5 Å². The Balaban J connectivity index is 1.58.